The van der Waals surface area contributed by atoms with Gasteiger partial charge < -0.3 is 0 Å². The molecule has 0 saturated heterocycles. The topological polar surface area (TPSA) is 12.9 Å². The Labute approximate surface area is 84.5 Å². The SMILES string of the molecule is C=C1C/C(=C\C)C=Cc2ncccc21. The molecule has 2 rings (SSSR count). The van der Waals surface area contributed by atoms with Crippen LogP contribution in [0.15, 0.2) is 42.6 Å². The molecule has 0 amide bonds. The molecule has 0 atom stereocenters. The highest BCUT2D eigenvalue weighted by molar-refractivity contribution is 5.76. The minimum Gasteiger partial charge on any atom is -0.256 e. The molecule has 14 heavy (non-hydrogen) atoms. The van der Waals surface area contributed by atoms with Gasteiger partial charge in [0.15, 0.2) is 0 Å². The zero-order chi connectivity index (χ0) is 9.97. The largest absolute Gasteiger partial charge is 0.256 e. The van der Waals surface area contributed by atoms with Gasteiger partial charge in [0, 0.05) is 11.8 Å². The number of nitrogens with zero attached hydrogens (tertiary/aromatic N) is 1. The third-order valence-corrected chi connectivity index (χ3v) is 2.46. The average Bonchev–Trinajstić information content (AvgIpc) is 2.39. The lowest BCUT2D eigenvalue weighted by molar-refractivity contribution is 1.25. The van der Waals surface area contributed by atoms with E-state index in [1.807, 2.05) is 12.3 Å². The van der Waals surface area contributed by atoms with E-state index in [-0.39, 0.29) is 0 Å². The Bertz CT molecular complexity index is 425. The molecule has 1 aromatic heterocycles. The molecule has 0 N–H and O–H groups in total. The predicted molar refractivity (Wildman–Crippen MR) is 60.7 cm³/mol. The minimum atomic E-state index is 0.922. The summed E-state index contributed by atoms with van der Waals surface area (Å²) in [5.74, 6) is 0. The zero-order valence-corrected chi connectivity index (χ0v) is 8.33. The van der Waals surface area contributed by atoms with Gasteiger partial charge in [-0.05, 0) is 36.6 Å². The molecule has 1 aliphatic rings. The summed E-state index contributed by atoms with van der Waals surface area (Å²) >= 11 is 0. The molecule has 0 saturated carbocycles. The van der Waals surface area contributed by atoms with Crippen LogP contribution in [-0.4, -0.2) is 4.98 Å². The molecule has 0 fully saturated rings. The summed E-state index contributed by atoms with van der Waals surface area (Å²) in [4.78, 5) is 4.32. The van der Waals surface area contributed by atoms with Crippen LogP contribution in [0.5, 0.6) is 0 Å². The second-order valence-corrected chi connectivity index (χ2v) is 3.41. The molecule has 0 unspecified atom stereocenters. The van der Waals surface area contributed by atoms with Crippen molar-refractivity contribution in [2.75, 3.05) is 0 Å². The molecular formula is C13H13N. The lowest BCUT2D eigenvalue weighted by atomic mass is 10.0. The van der Waals surface area contributed by atoms with Crippen molar-refractivity contribution >= 4 is 11.6 Å². The smallest absolute Gasteiger partial charge is 0.0704 e. The molecule has 70 valence electrons. The van der Waals surface area contributed by atoms with Gasteiger partial charge in [0.2, 0.25) is 0 Å². The molecule has 1 heterocycles. The van der Waals surface area contributed by atoms with Gasteiger partial charge >= 0.3 is 0 Å². The van der Waals surface area contributed by atoms with Crippen molar-refractivity contribution in [1.82, 2.24) is 4.98 Å². The third kappa shape index (κ3) is 1.53. The fourth-order valence-corrected chi connectivity index (χ4v) is 1.63. The van der Waals surface area contributed by atoms with Crippen LogP contribution in [0.2, 0.25) is 0 Å². The van der Waals surface area contributed by atoms with Crippen LogP contribution in [-0.2, 0) is 0 Å². The van der Waals surface area contributed by atoms with Crippen LogP contribution < -0.4 is 0 Å². The number of pyridine rings is 1. The van der Waals surface area contributed by atoms with Gasteiger partial charge in [-0.25, -0.2) is 0 Å². The molecule has 1 aliphatic carbocycles. The number of hydrogen-bond donors (Lipinski definition) is 0. The molecule has 0 aromatic carbocycles. The summed E-state index contributed by atoms with van der Waals surface area (Å²) in [6, 6.07) is 4.03. The first-order valence-electron chi connectivity index (χ1n) is 4.77. The van der Waals surface area contributed by atoms with Crippen molar-refractivity contribution in [1.29, 1.82) is 0 Å². The summed E-state index contributed by atoms with van der Waals surface area (Å²) in [7, 11) is 0. The third-order valence-electron chi connectivity index (χ3n) is 2.46. The van der Waals surface area contributed by atoms with E-state index in [1.165, 1.54) is 11.1 Å². The van der Waals surface area contributed by atoms with Gasteiger partial charge in [0.05, 0.1) is 5.69 Å². The fraction of sp³-hybridized carbons (Fsp3) is 0.154. The highest BCUT2D eigenvalue weighted by Gasteiger charge is 2.09. The number of aromatic nitrogens is 1. The highest BCUT2D eigenvalue weighted by Crippen LogP contribution is 2.27. The minimum absolute atomic E-state index is 0.922. The Morgan fingerprint density at radius 3 is 3.07 bits per heavy atom. The maximum absolute atomic E-state index is 4.32. The maximum Gasteiger partial charge on any atom is 0.0704 e. The molecule has 1 nitrogen and oxygen atoms in total. The number of fused-ring (bicyclic) bond motifs is 1. The van der Waals surface area contributed by atoms with Crippen LogP contribution in [0, 0.1) is 0 Å². The molecule has 0 radical (unpaired) electrons. The molecule has 0 aliphatic heterocycles. The molecule has 0 bridgehead atoms. The van der Waals surface area contributed by atoms with Crippen LogP contribution in [0.1, 0.15) is 24.6 Å². The summed E-state index contributed by atoms with van der Waals surface area (Å²) in [5, 5.41) is 0. The Kier molecular flexibility index (Phi) is 2.32. The number of allylic oxidation sites excluding steroid dienone is 4. The van der Waals surface area contributed by atoms with E-state index in [0.29, 0.717) is 0 Å². The Hall–Kier alpha value is -1.63. The first-order chi connectivity index (χ1) is 6.81. The van der Waals surface area contributed by atoms with Crippen molar-refractivity contribution in [2.24, 2.45) is 0 Å². The van der Waals surface area contributed by atoms with E-state index < -0.39 is 0 Å². The highest BCUT2D eigenvalue weighted by atomic mass is 14.7. The monoisotopic (exact) mass is 183 g/mol. The normalized spacial score (nSPS) is 18.1. The van der Waals surface area contributed by atoms with E-state index >= 15 is 0 Å². The van der Waals surface area contributed by atoms with Gasteiger partial charge in [-0.15, -0.1) is 0 Å². The summed E-state index contributed by atoms with van der Waals surface area (Å²) in [6.45, 7) is 6.14. The molecule has 1 aromatic rings. The molecule has 0 spiro atoms. The van der Waals surface area contributed by atoms with Crippen molar-refractivity contribution < 1.29 is 0 Å². The van der Waals surface area contributed by atoms with Crippen molar-refractivity contribution in [3.8, 4) is 0 Å². The Balaban J connectivity index is 2.52. The summed E-state index contributed by atoms with van der Waals surface area (Å²) in [6.07, 6.45) is 9.03. The van der Waals surface area contributed by atoms with Gasteiger partial charge in [0.1, 0.15) is 0 Å². The van der Waals surface area contributed by atoms with Gasteiger partial charge in [0.25, 0.3) is 0 Å². The fourth-order valence-electron chi connectivity index (χ4n) is 1.63. The second-order valence-electron chi connectivity index (χ2n) is 3.41. The average molecular weight is 183 g/mol. The zero-order valence-electron chi connectivity index (χ0n) is 8.33. The first kappa shape index (κ1) is 8.95. The first-order valence-corrected chi connectivity index (χ1v) is 4.77. The lowest BCUT2D eigenvalue weighted by Crippen LogP contribution is -1.88. The van der Waals surface area contributed by atoms with E-state index in [9.17, 15) is 0 Å². The predicted octanol–water partition coefficient (Wildman–Crippen LogP) is 3.46. The maximum atomic E-state index is 4.32. The van der Waals surface area contributed by atoms with Gasteiger partial charge in [-0.1, -0.05) is 24.8 Å². The van der Waals surface area contributed by atoms with Crippen LogP contribution in [0.25, 0.3) is 11.6 Å². The number of hydrogen-bond acceptors (Lipinski definition) is 1. The molecule has 1 heteroatoms. The van der Waals surface area contributed by atoms with E-state index in [0.717, 1.165) is 17.7 Å². The second kappa shape index (κ2) is 3.62. The van der Waals surface area contributed by atoms with Gasteiger partial charge in [-0.3, -0.25) is 4.98 Å². The Morgan fingerprint density at radius 1 is 1.43 bits per heavy atom. The van der Waals surface area contributed by atoms with Crippen molar-refractivity contribution in [3.63, 3.8) is 0 Å². The summed E-state index contributed by atoms with van der Waals surface area (Å²) in [5.41, 5.74) is 4.63. The number of rotatable bonds is 0. The van der Waals surface area contributed by atoms with Crippen LogP contribution in [0.4, 0.5) is 0 Å². The Morgan fingerprint density at radius 2 is 2.29 bits per heavy atom. The van der Waals surface area contributed by atoms with Crippen LogP contribution in [0.3, 0.4) is 0 Å². The summed E-state index contributed by atoms with van der Waals surface area (Å²) < 4.78 is 0. The van der Waals surface area contributed by atoms with E-state index in [2.05, 4.69) is 42.8 Å². The lowest BCUT2D eigenvalue weighted by Gasteiger charge is -2.05. The van der Waals surface area contributed by atoms with E-state index in [4.69, 9.17) is 0 Å². The van der Waals surface area contributed by atoms with Crippen molar-refractivity contribution in [2.45, 2.75) is 13.3 Å². The van der Waals surface area contributed by atoms with Gasteiger partial charge in [-0.2, -0.15) is 0 Å². The van der Waals surface area contributed by atoms with Crippen LogP contribution >= 0.6 is 0 Å². The van der Waals surface area contributed by atoms with Crippen molar-refractivity contribution in [3.05, 3.63) is 53.9 Å². The molecular weight excluding hydrogens is 170 g/mol. The van der Waals surface area contributed by atoms with E-state index in [1.54, 1.807) is 0 Å². The quantitative estimate of drug-likeness (QED) is 0.600. The standard InChI is InChI=1S/C13H13N/c1-3-11-6-7-13-12(10(2)9-11)5-4-8-14-13/h3-8H,2,9H2,1H3/b11-3-.